The number of hydrogen-bond donors (Lipinski definition) is 1. The van der Waals surface area contributed by atoms with Gasteiger partial charge in [0, 0.05) is 37.8 Å². The normalized spacial score (nSPS) is 15.3. The second-order valence-corrected chi connectivity index (χ2v) is 10.6. The summed E-state index contributed by atoms with van der Waals surface area (Å²) in [5, 5.41) is 3.35. The average Bonchev–Trinajstić information content (AvgIpc) is 3.50. The molecule has 0 saturated carbocycles. The molecule has 0 unspecified atom stereocenters. The Labute approximate surface area is 246 Å². The summed E-state index contributed by atoms with van der Waals surface area (Å²) in [6.45, 7) is 5.94. The topological polar surface area (TPSA) is 114 Å². The molecule has 2 aliphatic rings. The van der Waals surface area contributed by atoms with Crippen LogP contribution >= 0.6 is 0 Å². The number of rotatable bonds is 9. The smallest absolute Gasteiger partial charge is 0.397 e. The van der Waals surface area contributed by atoms with Crippen molar-refractivity contribution < 1.29 is 23.9 Å². The number of nitrogens with one attached hydrogen (secondary N) is 1. The number of aromatic nitrogens is 2. The third kappa shape index (κ3) is 6.87. The summed E-state index contributed by atoms with van der Waals surface area (Å²) >= 11 is 0. The molecular formula is C32H37N5O5. The van der Waals surface area contributed by atoms with Gasteiger partial charge in [0.05, 0.1) is 19.3 Å². The number of carbonyl (C=O) groups excluding carboxylic acids is 3. The maximum Gasteiger partial charge on any atom is 0.397 e. The molecule has 3 heterocycles. The maximum absolute atomic E-state index is 14.0. The third-order valence-electron chi connectivity index (χ3n) is 7.86. The molecule has 2 amide bonds. The molecule has 3 aromatic rings. The van der Waals surface area contributed by atoms with E-state index in [4.69, 9.17) is 14.5 Å². The monoisotopic (exact) mass is 571 g/mol. The van der Waals surface area contributed by atoms with Gasteiger partial charge in [-0.2, -0.15) is 4.98 Å². The maximum atomic E-state index is 14.0. The van der Waals surface area contributed by atoms with E-state index in [-0.39, 0.29) is 24.5 Å². The van der Waals surface area contributed by atoms with Crippen LogP contribution < -0.4 is 15.0 Å². The van der Waals surface area contributed by atoms with Crippen molar-refractivity contribution in [2.45, 2.75) is 45.6 Å². The molecule has 0 radical (unpaired) electrons. The lowest BCUT2D eigenvalue weighted by atomic mass is 9.93. The molecule has 0 aliphatic carbocycles. The zero-order valence-corrected chi connectivity index (χ0v) is 24.1. The van der Waals surface area contributed by atoms with Gasteiger partial charge in [0.2, 0.25) is 5.95 Å². The Morgan fingerprint density at radius 2 is 1.90 bits per heavy atom. The van der Waals surface area contributed by atoms with Crippen molar-refractivity contribution in [1.82, 2.24) is 14.9 Å². The number of carbonyl (C=O) groups is 3. The first-order valence-corrected chi connectivity index (χ1v) is 14.6. The van der Waals surface area contributed by atoms with Crippen LogP contribution in [0.1, 0.15) is 60.6 Å². The van der Waals surface area contributed by atoms with Gasteiger partial charge in [-0.3, -0.25) is 14.5 Å². The van der Waals surface area contributed by atoms with E-state index in [0.717, 1.165) is 42.6 Å². The predicted molar refractivity (Wildman–Crippen MR) is 158 cm³/mol. The molecular weight excluding hydrogens is 534 g/mol. The number of esters is 1. The zero-order chi connectivity index (χ0) is 29.5. The Morgan fingerprint density at radius 1 is 1.12 bits per heavy atom. The molecule has 5 rings (SSSR count). The average molecular weight is 572 g/mol. The van der Waals surface area contributed by atoms with E-state index in [0.29, 0.717) is 43.6 Å². The number of fused-ring (bicyclic) bond motifs is 1. The second-order valence-electron chi connectivity index (χ2n) is 10.6. The van der Waals surface area contributed by atoms with Gasteiger partial charge in [-0.1, -0.05) is 30.3 Å². The van der Waals surface area contributed by atoms with Crippen molar-refractivity contribution in [1.29, 1.82) is 0 Å². The second kappa shape index (κ2) is 13.5. The molecule has 0 spiro atoms. The fraction of sp³-hybridized carbons (Fsp3) is 0.406. The molecule has 1 N–H and O–H groups in total. The highest BCUT2D eigenvalue weighted by Gasteiger charge is 2.29. The lowest BCUT2D eigenvalue weighted by Crippen LogP contribution is -2.43. The first-order valence-electron chi connectivity index (χ1n) is 14.6. The highest BCUT2D eigenvalue weighted by molar-refractivity contribution is 6.32. The van der Waals surface area contributed by atoms with Crippen LogP contribution in [0.4, 0.5) is 11.8 Å². The minimum Gasteiger partial charge on any atom is -0.493 e. The van der Waals surface area contributed by atoms with Crippen molar-refractivity contribution >= 4 is 29.5 Å². The Kier molecular flexibility index (Phi) is 9.31. The summed E-state index contributed by atoms with van der Waals surface area (Å²) < 4.78 is 10.5. The summed E-state index contributed by atoms with van der Waals surface area (Å²) in [4.78, 5) is 50.6. The predicted octanol–water partition coefficient (Wildman–Crippen LogP) is 4.42. The molecule has 10 heteroatoms. The number of nitrogens with zero attached hydrogens (tertiary/aromatic N) is 4. The summed E-state index contributed by atoms with van der Waals surface area (Å²) in [6.07, 6.45) is 4.66. The fourth-order valence-electron chi connectivity index (χ4n) is 5.44. The van der Waals surface area contributed by atoms with E-state index < -0.39 is 11.9 Å². The highest BCUT2D eigenvalue weighted by Crippen LogP contribution is 2.28. The van der Waals surface area contributed by atoms with Crippen LogP contribution in [0.3, 0.4) is 0 Å². The van der Waals surface area contributed by atoms with Crippen LogP contribution in [0.5, 0.6) is 5.75 Å². The number of anilines is 2. The number of amides is 2. The van der Waals surface area contributed by atoms with Gasteiger partial charge in [0.1, 0.15) is 11.6 Å². The van der Waals surface area contributed by atoms with Gasteiger partial charge < -0.3 is 19.7 Å². The van der Waals surface area contributed by atoms with Crippen molar-refractivity contribution in [2.75, 3.05) is 43.1 Å². The Bertz CT molecular complexity index is 1410. The SMILES string of the molecule is CCOC(=O)C(=O)N1CCC(CCN(C(=O)c2ccc3c(c2)CCO3)c2ccnc(N[C@@H](C)c3ccccc3)n2)CC1. The van der Waals surface area contributed by atoms with Crippen molar-refractivity contribution in [3.05, 3.63) is 77.5 Å². The molecule has 1 aromatic heterocycles. The molecule has 2 aliphatic heterocycles. The van der Waals surface area contributed by atoms with Gasteiger partial charge in [-0.15, -0.1) is 0 Å². The van der Waals surface area contributed by atoms with Crippen LogP contribution in [-0.4, -0.2) is 65.5 Å². The van der Waals surface area contributed by atoms with Gasteiger partial charge in [-0.25, -0.2) is 9.78 Å². The number of hydrogen-bond acceptors (Lipinski definition) is 8. The number of benzene rings is 2. The minimum absolute atomic E-state index is 0.0233. The lowest BCUT2D eigenvalue weighted by Gasteiger charge is -2.32. The van der Waals surface area contributed by atoms with Crippen molar-refractivity contribution in [3.63, 3.8) is 0 Å². The third-order valence-corrected chi connectivity index (χ3v) is 7.86. The van der Waals surface area contributed by atoms with E-state index in [1.165, 1.54) is 0 Å². The van der Waals surface area contributed by atoms with Gasteiger partial charge >= 0.3 is 11.9 Å². The molecule has 42 heavy (non-hydrogen) atoms. The van der Waals surface area contributed by atoms with E-state index in [9.17, 15) is 14.4 Å². The van der Waals surface area contributed by atoms with E-state index in [1.807, 2.05) is 49.4 Å². The molecule has 1 fully saturated rings. The highest BCUT2D eigenvalue weighted by atomic mass is 16.5. The Hall–Kier alpha value is -4.47. The van der Waals surface area contributed by atoms with Crippen LogP contribution in [0.2, 0.25) is 0 Å². The molecule has 0 bridgehead atoms. The molecule has 2 aromatic carbocycles. The summed E-state index contributed by atoms with van der Waals surface area (Å²) in [7, 11) is 0. The largest absolute Gasteiger partial charge is 0.493 e. The number of piperidine rings is 1. The van der Waals surface area contributed by atoms with Gasteiger partial charge in [0.25, 0.3) is 5.91 Å². The first-order chi connectivity index (χ1) is 20.4. The zero-order valence-electron chi connectivity index (χ0n) is 24.1. The molecule has 220 valence electrons. The fourth-order valence-corrected chi connectivity index (χ4v) is 5.44. The Balaban J connectivity index is 1.31. The van der Waals surface area contributed by atoms with Gasteiger partial charge in [0.15, 0.2) is 0 Å². The first kappa shape index (κ1) is 29.0. The molecule has 1 saturated heterocycles. The van der Waals surface area contributed by atoms with Crippen LogP contribution in [0.15, 0.2) is 60.8 Å². The summed E-state index contributed by atoms with van der Waals surface area (Å²) in [5.41, 5.74) is 2.72. The van der Waals surface area contributed by atoms with E-state index in [2.05, 4.69) is 10.3 Å². The standard InChI is InChI=1S/C32H37N5O5/c1-3-41-31(40)30(39)36-17-12-23(13-18-36)14-19-37(29(38)26-9-10-27-25(21-26)15-20-42-27)28-11-16-33-32(35-28)34-22(2)24-7-5-4-6-8-24/h4-11,16,21-23H,3,12-15,17-20H2,1-2H3,(H,33,34,35)/t22-/m0/s1. The number of ether oxygens (including phenoxy) is 2. The number of likely N-dealkylation sites (tertiary alicyclic amines) is 1. The van der Waals surface area contributed by atoms with E-state index in [1.54, 1.807) is 35.1 Å². The summed E-state index contributed by atoms with van der Waals surface area (Å²) in [5.74, 6) is 0.545. The van der Waals surface area contributed by atoms with Crippen LogP contribution in [0, 0.1) is 5.92 Å². The molecule has 10 nitrogen and oxygen atoms in total. The minimum atomic E-state index is -0.803. The quantitative estimate of drug-likeness (QED) is 0.297. The van der Waals surface area contributed by atoms with E-state index >= 15 is 0 Å². The Morgan fingerprint density at radius 3 is 2.67 bits per heavy atom. The van der Waals surface area contributed by atoms with Crippen molar-refractivity contribution in [2.24, 2.45) is 5.92 Å². The van der Waals surface area contributed by atoms with Crippen molar-refractivity contribution in [3.8, 4) is 5.75 Å². The van der Waals surface area contributed by atoms with Gasteiger partial charge in [-0.05, 0) is 74.4 Å². The molecule has 1 atom stereocenters. The van der Waals surface area contributed by atoms with Crippen LogP contribution in [0.25, 0.3) is 0 Å². The lowest BCUT2D eigenvalue weighted by molar-refractivity contribution is -0.160. The van der Waals surface area contributed by atoms with Crippen LogP contribution in [-0.2, 0) is 20.7 Å². The summed E-state index contributed by atoms with van der Waals surface area (Å²) in [6, 6.07) is 17.3.